The van der Waals surface area contributed by atoms with E-state index in [1.54, 1.807) is 56.4 Å². The first-order chi connectivity index (χ1) is 16.6. The fraction of sp³-hybridized carbons (Fsp3) is 0.308. The molecule has 0 aliphatic heterocycles. The number of carbonyl (C=O) groups excluding carboxylic acids is 3. The van der Waals surface area contributed by atoms with E-state index in [-0.39, 0.29) is 5.78 Å². The van der Waals surface area contributed by atoms with Gasteiger partial charge in [-0.25, -0.2) is 4.98 Å². The lowest BCUT2D eigenvalue weighted by Gasteiger charge is -2.26. The van der Waals surface area contributed by atoms with Gasteiger partial charge in [0.2, 0.25) is 0 Å². The van der Waals surface area contributed by atoms with E-state index < -0.39 is 17.4 Å². The molecule has 9 nitrogen and oxygen atoms in total. The van der Waals surface area contributed by atoms with Crippen LogP contribution in [0.15, 0.2) is 53.4 Å². The van der Waals surface area contributed by atoms with Crippen LogP contribution in [0.1, 0.15) is 43.1 Å². The first-order valence-corrected chi connectivity index (χ1v) is 11.0. The fourth-order valence-corrected chi connectivity index (χ4v) is 3.48. The zero-order valence-corrected chi connectivity index (χ0v) is 20.4. The zero-order valence-electron chi connectivity index (χ0n) is 20.4. The summed E-state index contributed by atoms with van der Waals surface area (Å²) in [5.41, 5.74) is 1.86. The van der Waals surface area contributed by atoms with Gasteiger partial charge in [-0.1, -0.05) is 0 Å². The highest BCUT2D eigenvalue weighted by atomic mass is 16.5. The molecule has 0 spiro atoms. The number of aryl methyl sites for hydroxylation is 1. The number of nitrogens with one attached hydrogen (secondary N) is 2. The molecule has 0 unspecified atom stereocenters. The average Bonchev–Trinajstić information content (AvgIpc) is 3.33. The van der Waals surface area contributed by atoms with Crippen LogP contribution in [0.3, 0.4) is 0 Å². The van der Waals surface area contributed by atoms with E-state index in [1.807, 2.05) is 6.92 Å². The number of rotatable bonds is 9. The van der Waals surface area contributed by atoms with Gasteiger partial charge in [0.15, 0.2) is 17.9 Å². The number of anilines is 1. The maximum atomic E-state index is 12.5. The highest BCUT2D eigenvalue weighted by molar-refractivity contribution is 6.39. The van der Waals surface area contributed by atoms with E-state index in [4.69, 9.17) is 13.9 Å². The van der Waals surface area contributed by atoms with Gasteiger partial charge in [-0.2, -0.15) is 0 Å². The fourth-order valence-electron chi connectivity index (χ4n) is 3.48. The summed E-state index contributed by atoms with van der Waals surface area (Å²) in [4.78, 5) is 40.4. The van der Waals surface area contributed by atoms with Crippen molar-refractivity contribution in [3.8, 4) is 22.8 Å². The molecular weight excluding hydrogens is 450 g/mol. The molecular formula is C26H29N3O6. The molecule has 0 aliphatic rings. The summed E-state index contributed by atoms with van der Waals surface area (Å²) < 4.78 is 16.4. The molecule has 0 fully saturated rings. The van der Waals surface area contributed by atoms with Crippen LogP contribution in [0.25, 0.3) is 11.3 Å². The van der Waals surface area contributed by atoms with Crippen LogP contribution in [-0.4, -0.2) is 41.8 Å². The second kappa shape index (κ2) is 10.9. The van der Waals surface area contributed by atoms with E-state index in [1.165, 1.54) is 20.4 Å². The van der Waals surface area contributed by atoms with Gasteiger partial charge in [-0.05, 0) is 63.6 Å². The summed E-state index contributed by atoms with van der Waals surface area (Å²) in [7, 11) is 1.50. The van der Waals surface area contributed by atoms with Crippen molar-refractivity contribution < 1.29 is 28.3 Å². The second-order valence-electron chi connectivity index (χ2n) is 8.70. The lowest BCUT2D eigenvalue weighted by molar-refractivity contribution is -0.137. The van der Waals surface area contributed by atoms with E-state index in [9.17, 15) is 14.4 Å². The van der Waals surface area contributed by atoms with Gasteiger partial charge in [-0.15, -0.1) is 0 Å². The molecule has 35 heavy (non-hydrogen) atoms. The molecule has 0 atom stereocenters. The van der Waals surface area contributed by atoms with E-state index >= 15 is 0 Å². The highest BCUT2D eigenvalue weighted by Crippen LogP contribution is 2.32. The second-order valence-corrected chi connectivity index (χ2v) is 8.70. The smallest absolute Gasteiger partial charge is 0.313 e. The molecule has 0 radical (unpaired) electrons. The first kappa shape index (κ1) is 25.5. The molecule has 0 saturated heterocycles. The molecule has 0 saturated carbocycles. The number of ether oxygens (including phenoxy) is 2. The van der Waals surface area contributed by atoms with Gasteiger partial charge in [-0.3, -0.25) is 14.4 Å². The van der Waals surface area contributed by atoms with E-state index in [0.717, 1.165) is 5.56 Å². The average molecular weight is 480 g/mol. The van der Waals surface area contributed by atoms with Gasteiger partial charge in [0, 0.05) is 29.3 Å². The topological polar surface area (TPSA) is 120 Å². The monoisotopic (exact) mass is 479 g/mol. The van der Waals surface area contributed by atoms with Crippen molar-refractivity contribution in [2.24, 2.45) is 0 Å². The van der Waals surface area contributed by atoms with Crippen LogP contribution < -0.4 is 20.1 Å². The number of oxazole rings is 1. The Kier molecular flexibility index (Phi) is 7.91. The van der Waals surface area contributed by atoms with Crippen molar-refractivity contribution in [1.29, 1.82) is 0 Å². The quantitative estimate of drug-likeness (QED) is 0.349. The van der Waals surface area contributed by atoms with Gasteiger partial charge < -0.3 is 24.5 Å². The molecule has 3 rings (SSSR count). The Morgan fingerprint density at radius 3 is 2.49 bits per heavy atom. The van der Waals surface area contributed by atoms with Crippen molar-refractivity contribution in [3.05, 3.63) is 60.1 Å². The number of methoxy groups -OCH3 is 1. The van der Waals surface area contributed by atoms with Crippen LogP contribution >= 0.6 is 0 Å². The van der Waals surface area contributed by atoms with Crippen LogP contribution in [0.5, 0.6) is 11.5 Å². The van der Waals surface area contributed by atoms with Crippen LogP contribution in [0.4, 0.5) is 5.69 Å². The van der Waals surface area contributed by atoms with Crippen molar-refractivity contribution in [1.82, 2.24) is 10.3 Å². The van der Waals surface area contributed by atoms with Crippen molar-refractivity contribution in [2.45, 2.75) is 39.7 Å². The summed E-state index contributed by atoms with van der Waals surface area (Å²) in [5, 5.41) is 5.31. The lowest BCUT2D eigenvalue weighted by Crippen LogP contribution is -2.48. The molecule has 1 aromatic heterocycles. The predicted octanol–water partition coefficient (Wildman–Crippen LogP) is 4.16. The number of aromatic nitrogens is 1. The number of nitrogens with zero attached hydrogens (tertiary/aromatic N) is 1. The highest BCUT2D eigenvalue weighted by Gasteiger charge is 2.25. The molecule has 0 bridgehead atoms. The minimum Gasteiger partial charge on any atom is -0.496 e. The Morgan fingerprint density at radius 2 is 1.86 bits per heavy atom. The van der Waals surface area contributed by atoms with Crippen molar-refractivity contribution >= 4 is 23.3 Å². The van der Waals surface area contributed by atoms with Gasteiger partial charge in [0.25, 0.3) is 0 Å². The Morgan fingerprint density at radius 1 is 1.09 bits per heavy atom. The number of amides is 2. The van der Waals surface area contributed by atoms with Crippen LogP contribution in [0, 0.1) is 6.92 Å². The number of Topliss-reactive ketones (excluding diaryl/α,β-unsaturated/α-hetero) is 1. The third-order valence-electron chi connectivity index (χ3n) is 5.39. The van der Waals surface area contributed by atoms with Crippen molar-refractivity contribution in [3.63, 3.8) is 0 Å². The number of hydrogen-bond donors (Lipinski definition) is 2. The van der Waals surface area contributed by atoms with Gasteiger partial charge in [0.1, 0.15) is 11.5 Å². The van der Waals surface area contributed by atoms with Crippen LogP contribution in [0.2, 0.25) is 0 Å². The Labute approximate surface area is 203 Å². The zero-order chi connectivity index (χ0) is 25.6. The third-order valence-corrected chi connectivity index (χ3v) is 5.39. The number of benzene rings is 2. The molecule has 2 amide bonds. The minimum atomic E-state index is -0.802. The predicted molar refractivity (Wildman–Crippen MR) is 131 cm³/mol. The normalized spacial score (nSPS) is 11.0. The molecule has 2 aromatic carbocycles. The minimum absolute atomic E-state index is 0.000354. The molecule has 3 aromatic rings. The molecule has 0 aliphatic carbocycles. The lowest BCUT2D eigenvalue weighted by atomic mass is 10.0. The summed E-state index contributed by atoms with van der Waals surface area (Å²) in [6.45, 7) is 7.30. The molecule has 2 N–H and O–H groups in total. The Hall–Kier alpha value is -4.14. The van der Waals surface area contributed by atoms with Crippen LogP contribution in [-0.2, 0) is 9.59 Å². The van der Waals surface area contributed by atoms with E-state index in [2.05, 4.69) is 15.6 Å². The Bertz CT molecular complexity index is 1220. The molecule has 9 heteroatoms. The Balaban J connectivity index is 1.54. The number of hydrogen-bond acceptors (Lipinski definition) is 7. The summed E-state index contributed by atoms with van der Waals surface area (Å²) in [6, 6.07) is 10.2. The number of carbonyl (C=O) groups is 3. The van der Waals surface area contributed by atoms with E-state index in [0.29, 0.717) is 47.1 Å². The standard InChI is InChI=1S/C26H29N3O6/c1-16-12-19(7-9-20(16)17(2)30)34-11-10-26(3,4)29-25(32)24(31)28-18-6-8-21(22(13-18)33-5)23-14-27-15-35-23/h6-9,12-15H,10-11H2,1-5H3,(H,28,31)(H,29,32). The van der Waals surface area contributed by atoms with Gasteiger partial charge >= 0.3 is 11.8 Å². The SMILES string of the molecule is COc1cc(NC(=O)C(=O)NC(C)(C)CCOc2ccc(C(C)=O)c(C)c2)ccc1-c1cnco1. The summed E-state index contributed by atoms with van der Waals surface area (Å²) >= 11 is 0. The number of ketones is 1. The third kappa shape index (κ3) is 6.69. The maximum Gasteiger partial charge on any atom is 0.313 e. The molecule has 1 heterocycles. The summed E-state index contributed by atoms with van der Waals surface area (Å²) in [5.74, 6) is 0.0460. The van der Waals surface area contributed by atoms with Crippen molar-refractivity contribution in [2.75, 3.05) is 19.0 Å². The first-order valence-electron chi connectivity index (χ1n) is 11.0. The maximum absolute atomic E-state index is 12.5. The largest absolute Gasteiger partial charge is 0.496 e. The molecule has 184 valence electrons. The summed E-state index contributed by atoms with van der Waals surface area (Å²) in [6.07, 6.45) is 3.32. The van der Waals surface area contributed by atoms with Gasteiger partial charge in [0.05, 0.1) is 25.5 Å².